The van der Waals surface area contributed by atoms with Gasteiger partial charge in [0.2, 0.25) is 5.91 Å². The lowest BCUT2D eigenvalue weighted by Gasteiger charge is -2.17. The Balaban J connectivity index is 2.23. The van der Waals surface area contributed by atoms with E-state index in [4.69, 9.17) is 4.74 Å². The van der Waals surface area contributed by atoms with Gasteiger partial charge >= 0.3 is 0 Å². The molecule has 0 spiro atoms. The predicted molar refractivity (Wildman–Crippen MR) is 59.7 cm³/mol. The van der Waals surface area contributed by atoms with Crippen LogP contribution in [0, 0.1) is 5.92 Å². The van der Waals surface area contributed by atoms with Crippen molar-refractivity contribution in [2.45, 2.75) is 39.3 Å². The van der Waals surface area contributed by atoms with Gasteiger partial charge in [-0.15, -0.1) is 0 Å². The van der Waals surface area contributed by atoms with E-state index in [0.29, 0.717) is 19.2 Å². The first-order valence-corrected chi connectivity index (χ1v) is 5.77. The van der Waals surface area contributed by atoms with Gasteiger partial charge in [0.05, 0.1) is 12.0 Å². The Labute approximate surface area is 91.8 Å². The Morgan fingerprint density at radius 3 is 2.93 bits per heavy atom. The summed E-state index contributed by atoms with van der Waals surface area (Å²) in [4.78, 5) is 11.8. The number of hydrogen-bond donors (Lipinski definition) is 2. The summed E-state index contributed by atoms with van der Waals surface area (Å²) in [5.41, 5.74) is 0. The normalized spacial score (nSPS) is 27.7. The average Bonchev–Trinajstić information content (AvgIpc) is 2.61. The van der Waals surface area contributed by atoms with Crippen LogP contribution >= 0.6 is 0 Å². The largest absolute Gasteiger partial charge is 0.377 e. The van der Waals surface area contributed by atoms with Gasteiger partial charge in [0.1, 0.15) is 0 Å². The standard InChI is InChI=1S/C11H22N2O2/c1-4-15-8(2)7-13-11(14)10-5-6-12-9(10)3/h8-10,12H,4-7H2,1-3H3,(H,13,14). The summed E-state index contributed by atoms with van der Waals surface area (Å²) in [6, 6.07) is 0.299. The molecule has 1 amide bonds. The van der Waals surface area contributed by atoms with E-state index in [9.17, 15) is 4.79 Å². The molecule has 3 unspecified atom stereocenters. The molecule has 3 atom stereocenters. The zero-order chi connectivity index (χ0) is 11.3. The van der Waals surface area contributed by atoms with E-state index in [1.165, 1.54) is 0 Å². The van der Waals surface area contributed by atoms with Crippen molar-refractivity contribution in [2.24, 2.45) is 5.92 Å². The van der Waals surface area contributed by atoms with E-state index in [-0.39, 0.29) is 17.9 Å². The molecule has 1 rings (SSSR count). The molecule has 0 saturated carbocycles. The van der Waals surface area contributed by atoms with Gasteiger partial charge in [-0.25, -0.2) is 0 Å². The Morgan fingerprint density at radius 1 is 1.67 bits per heavy atom. The van der Waals surface area contributed by atoms with Gasteiger partial charge in [0.15, 0.2) is 0 Å². The third-order valence-electron chi connectivity index (χ3n) is 2.88. The molecule has 0 radical (unpaired) electrons. The fourth-order valence-corrected chi connectivity index (χ4v) is 1.94. The number of amides is 1. The molecule has 1 heterocycles. The molecule has 0 aromatic rings. The summed E-state index contributed by atoms with van der Waals surface area (Å²) in [7, 11) is 0. The molecule has 1 aliphatic rings. The van der Waals surface area contributed by atoms with Gasteiger partial charge in [0, 0.05) is 19.2 Å². The van der Waals surface area contributed by atoms with E-state index < -0.39 is 0 Å². The maximum absolute atomic E-state index is 11.8. The molecular formula is C11H22N2O2. The second kappa shape index (κ2) is 6.08. The molecule has 1 aliphatic heterocycles. The third kappa shape index (κ3) is 3.80. The number of hydrogen-bond acceptors (Lipinski definition) is 3. The van der Waals surface area contributed by atoms with Crippen molar-refractivity contribution in [3.05, 3.63) is 0 Å². The fourth-order valence-electron chi connectivity index (χ4n) is 1.94. The Bertz CT molecular complexity index is 209. The summed E-state index contributed by atoms with van der Waals surface area (Å²) in [6.45, 7) is 8.24. The minimum Gasteiger partial charge on any atom is -0.377 e. The van der Waals surface area contributed by atoms with Crippen LogP contribution in [0.25, 0.3) is 0 Å². The summed E-state index contributed by atoms with van der Waals surface area (Å²) in [5, 5.41) is 6.21. The first-order chi connectivity index (χ1) is 7.15. The van der Waals surface area contributed by atoms with Crippen LogP contribution in [0.5, 0.6) is 0 Å². The number of carbonyl (C=O) groups excluding carboxylic acids is 1. The molecule has 0 aliphatic carbocycles. The number of ether oxygens (including phenoxy) is 1. The number of carbonyl (C=O) groups is 1. The van der Waals surface area contributed by atoms with Gasteiger partial charge in [-0.1, -0.05) is 0 Å². The van der Waals surface area contributed by atoms with E-state index in [1.807, 2.05) is 13.8 Å². The molecule has 0 aromatic heterocycles. The van der Waals surface area contributed by atoms with Crippen molar-refractivity contribution < 1.29 is 9.53 Å². The first kappa shape index (κ1) is 12.5. The molecule has 88 valence electrons. The smallest absolute Gasteiger partial charge is 0.224 e. The third-order valence-corrected chi connectivity index (χ3v) is 2.88. The van der Waals surface area contributed by atoms with Crippen LogP contribution in [0.1, 0.15) is 27.2 Å². The lowest BCUT2D eigenvalue weighted by Crippen LogP contribution is -2.40. The van der Waals surface area contributed by atoms with Crippen LogP contribution in [-0.2, 0) is 9.53 Å². The van der Waals surface area contributed by atoms with Crippen molar-refractivity contribution in [3.8, 4) is 0 Å². The molecule has 0 bridgehead atoms. The summed E-state index contributed by atoms with van der Waals surface area (Å²) in [6.07, 6.45) is 1.04. The average molecular weight is 214 g/mol. The Morgan fingerprint density at radius 2 is 2.40 bits per heavy atom. The summed E-state index contributed by atoms with van der Waals surface area (Å²) in [5.74, 6) is 0.276. The Hall–Kier alpha value is -0.610. The molecule has 0 aromatic carbocycles. The predicted octanol–water partition coefficient (Wildman–Crippen LogP) is 0.526. The van der Waals surface area contributed by atoms with E-state index in [1.54, 1.807) is 0 Å². The quantitative estimate of drug-likeness (QED) is 0.701. The van der Waals surface area contributed by atoms with Crippen LogP contribution in [-0.4, -0.2) is 37.7 Å². The number of nitrogens with one attached hydrogen (secondary N) is 2. The first-order valence-electron chi connectivity index (χ1n) is 5.77. The van der Waals surface area contributed by atoms with Crippen molar-refractivity contribution in [2.75, 3.05) is 19.7 Å². The van der Waals surface area contributed by atoms with Crippen molar-refractivity contribution in [1.29, 1.82) is 0 Å². The fraction of sp³-hybridized carbons (Fsp3) is 0.909. The van der Waals surface area contributed by atoms with Gasteiger partial charge < -0.3 is 15.4 Å². The number of rotatable bonds is 5. The molecule has 1 fully saturated rings. The van der Waals surface area contributed by atoms with Crippen molar-refractivity contribution in [3.63, 3.8) is 0 Å². The summed E-state index contributed by atoms with van der Waals surface area (Å²) < 4.78 is 5.35. The van der Waals surface area contributed by atoms with Gasteiger partial charge in [-0.3, -0.25) is 4.79 Å². The molecule has 4 nitrogen and oxygen atoms in total. The van der Waals surface area contributed by atoms with Crippen LogP contribution in [0.4, 0.5) is 0 Å². The zero-order valence-corrected chi connectivity index (χ0v) is 9.88. The molecule has 15 heavy (non-hydrogen) atoms. The molecule has 2 N–H and O–H groups in total. The maximum Gasteiger partial charge on any atom is 0.224 e. The second-order valence-electron chi connectivity index (χ2n) is 4.15. The monoisotopic (exact) mass is 214 g/mol. The summed E-state index contributed by atoms with van der Waals surface area (Å²) >= 11 is 0. The van der Waals surface area contributed by atoms with Crippen molar-refractivity contribution in [1.82, 2.24) is 10.6 Å². The van der Waals surface area contributed by atoms with Crippen LogP contribution in [0.3, 0.4) is 0 Å². The maximum atomic E-state index is 11.8. The highest BCUT2D eigenvalue weighted by Gasteiger charge is 2.29. The van der Waals surface area contributed by atoms with E-state index >= 15 is 0 Å². The molecule has 1 saturated heterocycles. The minimum atomic E-state index is 0.101. The highest BCUT2D eigenvalue weighted by atomic mass is 16.5. The van der Waals surface area contributed by atoms with Gasteiger partial charge in [-0.05, 0) is 33.7 Å². The zero-order valence-electron chi connectivity index (χ0n) is 9.88. The van der Waals surface area contributed by atoms with Crippen molar-refractivity contribution >= 4 is 5.91 Å². The lowest BCUT2D eigenvalue weighted by molar-refractivity contribution is -0.125. The van der Waals surface area contributed by atoms with Gasteiger partial charge in [-0.2, -0.15) is 0 Å². The lowest BCUT2D eigenvalue weighted by atomic mass is 10.0. The SMILES string of the molecule is CCOC(C)CNC(=O)C1CCNC1C. The molecular weight excluding hydrogens is 192 g/mol. The van der Waals surface area contributed by atoms with Crippen LogP contribution < -0.4 is 10.6 Å². The van der Waals surface area contributed by atoms with E-state index in [0.717, 1.165) is 13.0 Å². The molecule has 4 heteroatoms. The topological polar surface area (TPSA) is 50.4 Å². The van der Waals surface area contributed by atoms with E-state index in [2.05, 4.69) is 17.6 Å². The highest BCUT2D eigenvalue weighted by molar-refractivity contribution is 5.79. The highest BCUT2D eigenvalue weighted by Crippen LogP contribution is 2.14. The van der Waals surface area contributed by atoms with Crippen LogP contribution in [0.15, 0.2) is 0 Å². The van der Waals surface area contributed by atoms with Crippen LogP contribution in [0.2, 0.25) is 0 Å². The Kier molecular flexibility index (Phi) is 5.05. The van der Waals surface area contributed by atoms with Gasteiger partial charge in [0.25, 0.3) is 0 Å². The second-order valence-corrected chi connectivity index (χ2v) is 4.15. The minimum absolute atomic E-state index is 0.101.